The SMILES string of the molecule is C[N+](C)(C)CC(CC(=O)[O-])NC(=O)CCCCCCCCCc1ccc(C(F)(F)F)cc1. The first-order chi connectivity index (χ1) is 14.9. The van der Waals surface area contributed by atoms with Crippen LogP contribution in [0.3, 0.4) is 0 Å². The molecule has 1 aromatic rings. The molecule has 0 saturated carbocycles. The predicted molar refractivity (Wildman–Crippen MR) is 117 cm³/mol. The predicted octanol–water partition coefficient (Wildman–Crippen LogP) is 3.70. The molecular formula is C24H37F3N2O3. The second-order valence-electron chi connectivity index (χ2n) is 9.48. The lowest BCUT2D eigenvalue weighted by Crippen LogP contribution is -2.50. The van der Waals surface area contributed by atoms with Gasteiger partial charge in [-0.25, -0.2) is 0 Å². The van der Waals surface area contributed by atoms with Gasteiger partial charge in [0.05, 0.1) is 39.3 Å². The van der Waals surface area contributed by atoms with Gasteiger partial charge in [-0.2, -0.15) is 13.2 Å². The van der Waals surface area contributed by atoms with E-state index in [4.69, 9.17) is 0 Å². The number of hydrogen-bond acceptors (Lipinski definition) is 3. The lowest BCUT2D eigenvalue weighted by molar-refractivity contribution is -0.871. The van der Waals surface area contributed by atoms with Gasteiger partial charge in [-0.1, -0.05) is 44.2 Å². The van der Waals surface area contributed by atoms with E-state index >= 15 is 0 Å². The Balaban J connectivity index is 2.11. The number of aliphatic carboxylic acids is 1. The molecule has 8 heteroatoms. The van der Waals surface area contributed by atoms with Gasteiger partial charge in [-0.3, -0.25) is 4.79 Å². The van der Waals surface area contributed by atoms with E-state index in [1.165, 1.54) is 0 Å². The lowest BCUT2D eigenvalue weighted by Gasteiger charge is -2.30. The fourth-order valence-corrected chi connectivity index (χ4v) is 3.68. The Kier molecular flexibility index (Phi) is 11.8. The Labute approximate surface area is 189 Å². The van der Waals surface area contributed by atoms with Gasteiger partial charge in [0.1, 0.15) is 0 Å². The molecule has 0 aliphatic carbocycles. The van der Waals surface area contributed by atoms with E-state index in [9.17, 15) is 27.9 Å². The van der Waals surface area contributed by atoms with Crippen molar-refractivity contribution < 1.29 is 32.3 Å². The number of carbonyl (C=O) groups is 2. The van der Waals surface area contributed by atoms with Crippen molar-refractivity contribution in [3.05, 3.63) is 35.4 Å². The topological polar surface area (TPSA) is 69.2 Å². The number of hydrogen-bond donors (Lipinski definition) is 1. The zero-order valence-corrected chi connectivity index (χ0v) is 19.5. The summed E-state index contributed by atoms with van der Waals surface area (Å²) in [4.78, 5) is 23.0. The van der Waals surface area contributed by atoms with Crippen LogP contribution in [0.15, 0.2) is 24.3 Å². The minimum Gasteiger partial charge on any atom is -0.550 e. The molecule has 0 aliphatic rings. The van der Waals surface area contributed by atoms with Gasteiger partial charge in [0.2, 0.25) is 5.91 Å². The van der Waals surface area contributed by atoms with Gasteiger partial charge < -0.3 is 19.7 Å². The van der Waals surface area contributed by atoms with Crippen LogP contribution >= 0.6 is 0 Å². The maximum absolute atomic E-state index is 12.6. The maximum Gasteiger partial charge on any atom is 0.416 e. The minimum absolute atomic E-state index is 0.124. The van der Waals surface area contributed by atoms with Crippen LogP contribution in [0.2, 0.25) is 0 Å². The maximum atomic E-state index is 12.6. The van der Waals surface area contributed by atoms with Crippen LogP contribution in [0.5, 0.6) is 0 Å². The number of rotatable bonds is 15. The Morgan fingerprint density at radius 2 is 1.47 bits per heavy atom. The van der Waals surface area contributed by atoms with Crippen molar-refractivity contribution in [3.8, 4) is 0 Å². The number of likely N-dealkylation sites (N-methyl/N-ethyl adjacent to an activating group) is 1. The van der Waals surface area contributed by atoms with E-state index in [2.05, 4.69) is 5.32 Å². The molecule has 1 N–H and O–H groups in total. The van der Waals surface area contributed by atoms with Crippen LogP contribution in [0.4, 0.5) is 13.2 Å². The van der Waals surface area contributed by atoms with Crippen molar-refractivity contribution in [3.63, 3.8) is 0 Å². The zero-order valence-electron chi connectivity index (χ0n) is 19.5. The van der Waals surface area contributed by atoms with Crippen LogP contribution < -0.4 is 10.4 Å². The number of amides is 1. The highest BCUT2D eigenvalue weighted by atomic mass is 19.4. The molecule has 0 spiro atoms. The van der Waals surface area contributed by atoms with E-state index in [0.717, 1.165) is 69.1 Å². The van der Waals surface area contributed by atoms with E-state index in [1.807, 2.05) is 21.1 Å². The van der Waals surface area contributed by atoms with Crippen molar-refractivity contribution in [2.75, 3.05) is 27.7 Å². The van der Waals surface area contributed by atoms with Crippen LogP contribution in [0, 0.1) is 0 Å². The number of carboxylic acids is 1. The molecule has 5 nitrogen and oxygen atoms in total. The number of carboxylic acid groups (broad SMARTS) is 1. The van der Waals surface area contributed by atoms with E-state index < -0.39 is 23.8 Å². The van der Waals surface area contributed by atoms with E-state index in [0.29, 0.717) is 17.4 Å². The van der Waals surface area contributed by atoms with E-state index in [-0.39, 0.29) is 12.3 Å². The van der Waals surface area contributed by atoms with Crippen molar-refractivity contribution in [1.29, 1.82) is 0 Å². The number of carbonyl (C=O) groups excluding carboxylic acids is 2. The highest BCUT2D eigenvalue weighted by Crippen LogP contribution is 2.29. The van der Waals surface area contributed by atoms with Crippen LogP contribution in [-0.4, -0.2) is 50.1 Å². The summed E-state index contributed by atoms with van der Waals surface area (Å²) in [5.74, 6) is -1.29. The van der Waals surface area contributed by atoms with Gasteiger partial charge in [-0.05, 0) is 37.0 Å². The summed E-state index contributed by atoms with van der Waals surface area (Å²) in [6, 6.07) is 4.93. The fourth-order valence-electron chi connectivity index (χ4n) is 3.68. The fraction of sp³-hybridized carbons (Fsp3) is 0.667. The summed E-state index contributed by atoms with van der Waals surface area (Å²) < 4.78 is 38.2. The third-order valence-electron chi connectivity index (χ3n) is 5.20. The molecule has 0 aliphatic heterocycles. The summed E-state index contributed by atoms with van der Waals surface area (Å²) >= 11 is 0. The first-order valence-corrected chi connectivity index (χ1v) is 11.3. The smallest absolute Gasteiger partial charge is 0.416 e. The van der Waals surface area contributed by atoms with Gasteiger partial charge in [0.15, 0.2) is 0 Å². The number of halogens is 3. The molecule has 1 unspecified atom stereocenters. The second-order valence-corrected chi connectivity index (χ2v) is 9.48. The molecule has 1 rings (SSSR count). The van der Waals surface area contributed by atoms with Crippen molar-refractivity contribution in [2.45, 2.75) is 76.4 Å². The normalized spacial score (nSPS) is 13.1. The molecule has 0 heterocycles. The summed E-state index contributed by atoms with van der Waals surface area (Å²) in [7, 11) is 5.83. The largest absolute Gasteiger partial charge is 0.550 e. The molecule has 0 radical (unpaired) electrons. The second kappa shape index (κ2) is 13.5. The Morgan fingerprint density at radius 3 is 1.97 bits per heavy atom. The van der Waals surface area contributed by atoms with Gasteiger partial charge >= 0.3 is 6.18 Å². The molecule has 182 valence electrons. The van der Waals surface area contributed by atoms with Gasteiger partial charge in [0, 0.05) is 18.8 Å². The van der Waals surface area contributed by atoms with Crippen molar-refractivity contribution in [1.82, 2.24) is 5.32 Å². The Hall–Kier alpha value is -2.09. The summed E-state index contributed by atoms with van der Waals surface area (Å²) in [5, 5.41) is 13.7. The number of alkyl halides is 3. The Bertz CT molecular complexity index is 698. The third-order valence-corrected chi connectivity index (χ3v) is 5.20. The number of aryl methyl sites for hydroxylation is 1. The number of nitrogens with one attached hydrogen (secondary N) is 1. The number of quaternary nitrogens is 1. The molecule has 32 heavy (non-hydrogen) atoms. The Morgan fingerprint density at radius 1 is 0.938 bits per heavy atom. The highest BCUT2D eigenvalue weighted by molar-refractivity contribution is 5.77. The molecule has 1 aromatic carbocycles. The number of nitrogens with zero attached hydrogens (tertiary/aromatic N) is 1. The molecule has 0 aromatic heterocycles. The molecule has 0 saturated heterocycles. The summed E-state index contributed by atoms with van der Waals surface area (Å²) in [6.45, 7) is 0.520. The van der Waals surface area contributed by atoms with E-state index in [1.54, 1.807) is 12.1 Å². The quantitative estimate of drug-likeness (QED) is 0.322. The zero-order chi connectivity index (χ0) is 24.2. The summed E-state index contributed by atoms with van der Waals surface area (Å²) in [6.07, 6.45) is 3.50. The number of benzene rings is 1. The van der Waals surface area contributed by atoms with Crippen LogP contribution in [0.25, 0.3) is 0 Å². The first-order valence-electron chi connectivity index (χ1n) is 11.3. The minimum atomic E-state index is -4.29. The summed E-state index contributed by atoms with van der Waals surface area (Å²) in [5.41, 5.74) is 0.309. The van der Waals surface area contributed by atoms with Crippen molar-refractivity contribution in [2.24, 2.45) is 0 Å². The molecule has 0 bridgehead atoms. The molecule has 0 fully saturated rings. The van der Waals surface area contributed by atoms with Gasteiger partial charge in [-0.15, -0.1) is 0 Å². The first kappa shape index (κ1) is 27.9. The highest BCUT2D eigenvalue weighted by Gasteiger charge is 2.29. The average molecular weight is 459 g/mol. The third kappa shape index (κ3) is 13.3. The van der Waals surface area contributed by atoms with Gasteiger partial charge in [0.25, 0.3) is 0 Å². The van der Waals surface area contributed by atoms with Crippen molar-refractivity contribution >= 4 is 11.9 Å². The molecule has 1 atom stereocenters. The number of unbranched alkanes of at least 4 members (excludes halogenated alkanes) is 6. The van der Waals surface area contributed by atoms with Crippen LogP contribution in [0.1, 0.15) is 68.9 Å². The standard InChI is InChI=1S/C24H37F3N2O3/c1-29(2,3)18-21(17-23(31)32)28-22(30)12-10-8-6-4-5-7-9-11-19-13-15-20(16-14-19)24(25,26)27/h13-16,21H,4-12,17-18H2,1-3H3,(H-,28,30,31,32). The monoisotopic (exact) mass is 458 g/mol. The molecular weight excluding hydrogens is 421 g/mol. The average Bonchev–Trinajstić information content (AvgIpc) is 2.64. The van der Waals surface area contributed by atoms with Crippen LogP contribution in [-0.2, 0) is 22.2 Å². The molecule has 1 amide bonds. The lowest BCUT2D eigenvalue weighted by atomic mass is 10.0.